The minimum Gasteiger partial charge on any atom is -0.497 e. The summed E-state index contributed by atoms with van der Waals surface area (Å²) in [6, 6.07) is 8.56. The van der Waals surface area contributed by atoms with Gasteiger partial charge >= 0.3 is 0 Å². The normalized spacial score (nSPS) is 12.1. The number of carbonyl (C=O) groups excluding carboxylic acids is 1. The van der Waals surface area contributed by atoms with Crippen LogP contribution in [0, 0.1) is 10.1 Å². The first-order valence-corrected chi connectivity index (χ1v) is 10.2. The van der Waals surface area contributed by atoms with Crippen molar-refractivity contribution >= 4 is 44.6 Å². The van der Waals surface area contributed by atoms with E-state index < -0.39 is 26.9 Å². The van der Waals surface area contributed by atoms with Gasteiger partial charge in [-0.1, -0.05) is 11.6 Å². The highest BCUT2D eigenvalue weighted by atomic mass is 35.5. The van der Waals surface area contributed by atoms with Crippen LogP contribution in [0.5, 0.6) is 5.75 Å². The molecule has 11 heteroatoms. The zero-order valence-electron chi connectivity index (χ0n) is 15.2. The van der Waals surface area contributed by atoms with E-state index in [0.717, 1.165) is 16.6 Å². The summed E-state index contributed by atoms with van der Waals surface area (Å²) in [7, 11) is -2.34. The topological polar surface area (TPSA) is 119 Å². The minimum atomic E-state index is -3.82. The molecule has 2 aromatic carbocycles. The number of hydrogen-bond donors (Lipinski definition) is 1. The average molecular weight is 428 g/mol. The first-order valence-electron chi connectivity index (χ1n) is 7.93. The zero-order chi connectivity index (χ0) is 21.1. The predicted octanol–water partition coefficient (Wildman–Crippen LogP) is 3.05. The lowest BCUT2D eigenvalue weighted by Crippen LogP contribution is -2.45. The van der Waals surface area contributed by atoms with E-state index in [-0.39, 0.29) is 22.1 Å². The Morgan fingerprint density at radius 1 is 1.25 bits per heavy atom. The van der Waals surface area contributed by atoms with Crippen LogP contribution in [0.4, 0.5) is 17.1 Å². The maximum Gasteiger partial charge on any atom is 0.271 e. The molecule has 0 unspecified atom stereocenters. The van der Waals surface area contributed by atoms with E-state index in [0.29, 0.717) is 5.75 Å². The number of ether oxygens (including phenoxy) is 1. The van der Waals surface area contributed by atoms with Crippen LogP contribution in [0.15, 0.2) is 42.5 Å². The lowest BCUT2D eigenvalue weighted by atomic mass is 10.2. The highest BCUT2D eigenvalue weighted by Gasteiger charge is 2.29. The standard InChI is InChI=1S/C17H18ClN3O6S/c1-11(17(22)19-16-10-13(21(23)24)6-9-15(16)18)20(28(3,25)26)12-4-7-14(27-2)8-5-12/h4-11H,1-3H3,(H,19,22)/t11-/m1/s1. The van der Waals surface area contributed by atoms with Gasteiger partial charge in [-0.15, -0.1) is 0 Å². The van der Waals surface area contributed by atoms with E-state index in [1.165, 1.54) is 38.3 Å². The number of sulfonamides is 1. The van der Waals surface area contributed by atoms with Crippen molar-refractivity contribution < 1.29 is 22.9 Å². The molecule has 1 atom stereocenters. The molecule has 150 valence electrons. The number of carbonyl (C=O) groups is 1. The molecular formula is C17H18ClN3O6S. The van der Waals surface area contributed by atoms with E-state index in [1.807, 2.05) is 0 Å². The van der Waals surface area contributed by atoms with Crippen molar-refractivity contribution in [2.75, 3.05) is 23.0 Å². The number of nitrogens with one attached hydrogen (secondary N) is 1. The fourth-order valence-electron chi connectivity index (χ4n) is 2.50. The molecule has 0 radical (unpaired) electrons. The van der Waals surface area contributed by atoms with Crippen molar-refractivity contribution in [3.05, 3.63) is 57.6 Å². The Balaban J connectivity index is 2.34. The molecule has 1 amide bonds. The predicted molar refractivity (Wildman–Crippen MR) is 107 cm³/mol. The fraction of sp³-hybridized carbons (Fsp3) is 0.235. The first-order chi connectivity index (χ1) is 13.0. The van der Waals surface area contributed by atoms with E-state index in [4.69, 9.17) is 16.3 Å². The molecule has 0 bridgehead atoms. The van der Waals surface area contributed by atoms with Gasteiger partial charge in [-0.3, -0.25) is 19.2 Å². The van der Waals surface area contributed by atoms with Gasteiger partial charge in [0.05, 0.1) is 34.7 Å². The van der Waals surface area contributed by atoms with Crippen molar-refractivity contribution in [2.45, 2.75) is 13.0 Å². The molecule has 0 heterocycles. The number of hydrogen-bond acceptors (Lipinski definition) is 6. The van der Waals surface area contributed by atoms with E-state index in [9.17, 15) is 23.3 Å². The van der Waals surface area contributed by atoms with E-state index in [2.05, 4.69) is 5.32 Å². The molecule has 0 saturated heterocycles. The molecule has 1 N–H and O–H groups in total. The number of non-ortho nitro benzene ring substituents is 1. The van der Waals surface area contributed by atoms with Crippen LogP contribution < -0.4 is 14.4 Å². The van der Waals surface area contributed by atoms with Gasteiger partial charge in [0.1, 0.15) is 11.8 Å². The Morgan fingerprint density at radius 2 is 1.86 bits per heavy atom. The Morgan fingerprint density at radius 3 is 2.36 bits per heavy atom. The number of benzene rings is 2. The highest BCUT2D eigenvalue weighted by Crippen LogP contribution is 2.28. The second-order valence-corrected chi connectivity index (χ2v) is 8.11. The van der Waals surface area contributed by atoms with Gasteiger partial charge in [-0.2, -0.15) is 0 Å². The summed E-state index contributed by atoms with van der Waals surface area (Å²) in [5.74, 6) is -0.179. The van der Waals surface area contributed by atoms with Crippen molar-refractivity contribution in [3.8, 4) is 5.75 Å². The van der Waals surface area contributed by atoms with Crippen LogP contribution in [-0.2, 0) is 14.8 Å². The van der Waals surface area contributed by atoms with Crippen LogP contribution in [-0.4, -0.2) is 38.7 Å². The van der Waals surface area contributed by atoms with Gasteiger partial charge in [0.15, 0.2) is 0 Å². The van der Waals surface area contributed by atoms with Crippen LogP contribution in [0.25, 0.3) is 0 Å². The summed E-state index contributed by atoms with van der Waals surface area (Å²) in [6.07, 6.45) is 0.974. The third kappa shape index (κ3) is 4.90. The van der Waals surface area contributed by atoms with Crippen molar-refractivity contribution in [3.63, 3.8) is 0 Å². The fourth-order valence-corrected chi connectivity index (χ4v) is 3.84. The summed E-state index contributed by atoms with van der Waals surface area (Å²) >= 11 is 5.99. The molecule has 28 heavy (non-hydrogen) atoms. The Hall–Kier alpha value is -2.85. The summed E-state index contributed by atoms with van der Waals surface area (Å²) in [5.41, 5.74) is 0.00876. The number of anilines is 2. The van der Waals surface area contributed by atoms with Crippen molar-refractivity contribution in [1.29, 1.82) is 0 Å². The zero-order valence-corrected chi connectivity index (χ0v) is 16.8. The molecule has 0 fully saturated rings. The smallest absolute Gasteiger partial charge is 0.271 e. The molecule has 0 aromatic heterocycles. The average Bonchev–Trinajstić information content (AvgIpc) is 2.62. The molecule has 0 aliphatic rings. The number of amides is 1. The van der Waals surface area contributed by atoms with Gasteiger partial charge in [0.2, 0.25) is 15.9 Å². The molecule has 0 spiro atoms. The second kappa shape index (κ2) is 8.44. The van der Waals surface area contributed by atoms with Crippen molar-refractivity contribution in [2.24, 2.45) is 0 Å². The maximum absolute atomic E-state index is 12.7. The van der Waals surface area contributed by atoms with Gasteiger partial charge in [-0.25, -0.2) is 8.42 Å². The maximum atomic E-state index is 12.7. The molecule has 9 nitrogen and oxygen atoms in total. The lowest BCUT2D eigenvalue weighted by Gasteiger charge is -2.28. The van der Waals surface area contributed by atoms with Gasteiger partial charge in [-0.05, 0) is 37.3 Å². The summed E-state index contributed by atoms with van der Waals surface area (Å²) in [6.45, 7) is 1.39. The molecule has 0 saturated carbocycles. The number of rotatable bonds is 7. The third-order valence-electron chi connectivity index (χ3n) is 3.83. The van der Waals surface area contributed by atoms with Gasteiger partial charge in [0, 0.05) is 12.1 Å². The van der Waals surface area contributed by atoms with Crippen molar-refractivity contribution in [1.82, 2.24) is 0 Å². The summed E-state index contributed by atoms with van der Waals surface area (Å²) < 4.78 is 30.6. The number of methoxy groups -OCH3 is 1. The molecule has 2 rings (SSSR count). The van der Waals surface area contributed by atoms with Crippen LogP contribution in [0.2, 0.25) is 5.02 Å². The first kappa shape index (κ1) is 21.5. The Kier molecular flexibility index (Phi) is 6.47. The Bertz CT molecular complexity index is 994. The third-order valence-corrected chi connectivity index (χ3v) is 5.41. The lowest BCUT2D eigenvalue weighted by molar-refractivity contribution is -0.384. The largest absolute Gasteiger partial charge is 0.497 e. The number of halogens is 1. The van der Waals surface area contributed by atoms with E-state index in [1.54, 1.807) is 12.1 Å². The van der Waals surface area contributed by atoms with E-state index >= 15 is 0 Å². The SMILES string of the molecule is COc1ccc(N([C@H](C)C(=O)Nc2cc([N+](=O)[O-])ccc2Cl)S(C)(=O)=O)cc1. The molecular weight excluding hydrogens is 410 g/mol. The number of nitrogens with zero attached hydrogens (tertiary/aromatic N) is 2. The quantitative estimate of drug-likeness (QED) is 0.535. The van der Waals surface area contributed by atoms with Crippen LogP contribution in [0.1, 0.15) is 6.92 Å². The highest BCUT2D eigenvalue weighted by molar-refractivity contribution is 7.92. The minimum absolute atomic E-state index is 0.0101. The molecule has 0 aliphatic heterocycles. The summed E-state index contributed by atoms with van der Waals surface area (Å²) in [4.78, 5) is 22.9. The monoisotopic (exact) mass is 427 g/mol. The Labute approximate surface area is 167 Å². The van der Waals surface area contributed by atoms with Gasteiger partial charge in [0.25, 0.3) is 5.69 Å². The summed E-state index contributed by atoms with van der Waals surface area (Å²) in [5, 5.41) is 13.4. The van der Waals surface area contributed by atoms with Crippen LogP contribution in [0.3, 0.4) is 0 Å². The number of nitro benzene ring substituents is 1. The van der Waals surface area contributed by atoms with Gasteiger partial charge < -0.3 is 10.1 Å². The number of nitro groups is 1. The second-order valence-electron chi connectivity index (χ2n) is 5.84. The molecule has 2 aromatic rings. The van der Waals surface area contributed by atoms with Crippen LogP contribution >= 0.6 is 11.6 Å². The molecule has 0 aliphatic carbocycles.